The van der Waals surface area contributed by atoms with Crippen LogP contribution >= 0.6 is 0 Å². The normalized spacial score (nSPS) is 20.9. The summed E-state index contributed by atoms with van der Waals surface area (Å²) in [6.45, 7) is 0.135. The molecule has 6 nitrogen and oxygen atoms in total. The van der Waals surface area contributed by atoms with Crippen LogP contribution in [0.15, 0.2) is 30.3 Å². The van der Waals surface area contributed by atoms with E-state index in [4.69, 9.17) is 4.74 Å². The van der Waals surface area contributed by atoms with Crippen LogP contribution in [0.4, 0.5) is 4.79 Å². The zero-order valence-corrected chi connectivity index (χ0v) is 11.7. The monoisotopic (exact) mass is 291 g/mol. The van der Waals surface area contributed by atoms with Crippen molar-refractivity contribution in [2.45, 2.75) is 25.5 Å². The molecule has 1 aromatic carbocycles. The van der Waals surface area contributed by atoms with Gasteiger partial charge in [0.25, 0.3) is 0 Å². The first-order valence-corrected chi connectivity index (χ1v) is 6.67. The molecule has 0 saturated heterocycles. The van der Waals surface area contributed by atoms with Crippen molar-refractivity contribution in [3.8, 4) is 0 Å². The molecule has 1 saturated carbocycles. The first-order chi connectivity index (χ1) is 10.1. The second kappa shape index (κ2) is 6.88. The second-order valence-corrected chi connectivity index (χ2v) is 4.89. The highest BCUT2D eigenvalue weighted by molar-refractivity contribution is 5.90. The van der Waals surface area contributed by atoms with E-state index in [1.165, 1.54) is 7.11 Å². The summed E-state index contributed by atoms with van der Waals surface area (Å²) in [7, 11) is 1.26. The van der Waals surface area contributed by atoms with Gasteiger partial charge >= 0.3 is 12.1 Å². The molecule has 2 unspecified atom stereocenters. The number of amides is 1. The molecule has 0 aromatic heterocycles. The predicted octanol–water partition coefficient (Wildman–Crippen LogP) is 1.43. The van der Waals surface area contributed by atoms with Gasteiger partial charge in [-0.25, -0.2) is 4.79 Å². The van der Waals surface area contributed by atoms with Gasteiger partial charge in [0.1, 0.15) is 12.4 Å². The van der Waals surface area contributed by atoms with Crippen LogP contribution in [0.25, 0.3) is 0 Å². The molecule has 2 rings (SSSR count). The van der Waals surface area contributed by atoms with Crippen LogP contribution in [-0.4, -0.2) is 31.0 Å². The number of carbonyl (C=O) groups is 3. The quantitative estimate of drug-likeness (QED) is 0.849. The maximum absolute atomic E-state index is 11.7. The number of hydrogen-bond donors (Lipinski definition) is 1. The first kappa shape index (κ1) is 15.0. The number of rotatable bonds is 4. The van der Waals surface area contributed by atoms with Gasteiger partial charge in [-0.3, -0.25) is 9.59 Å². The summed E-state index contributed by atoms with van der Waals surface area (Å²) in [4.78, 5) is 34.7. The van der Waals surface area contributed by atoms with Crippen LogP contribution in [-0.2, 0) is 25.7 Å². The van der Waals surface area contributed by atoms with Crippen molar-refractivity contribution in [2.75, 3.05) is 7.11 Å². The smallest absolute Gasteiger partial charge is 0.407 e. The van der Waals surface area contributed by atoms with Crippen molar-refractivity contribution in [2.24, 2.45) is 5.92 Å². The molecule has 0 aliphatic heterocycles. The average molecular weight is 291 g/mol. The lowest BCUT2D eigenvalue weighted by Crippen LogP contribution is -2.40. The summed E-state index contributed by atoms with van der Waals surface area (Å²) in [6, 6.07) is 8.68. The fourth-order valence-electron chi connectivity index (χ4n) is 2.33. The molecule has 0 spiro atoms. The van der Waals surface area contributed by atoms with Gasteiger partial charge in [-0.1, -0.05) is 30.3 Å². The zero-order chi connectivity index (χ0) is 15.2. The fourth-order valence-corrected chi connectivity index (χ4v) is 2.33. The average Bonchev–Trinajstić information content (AvgIpc) is 2.86. The van der Waals surface area contributed by atoms with Crippen LogP contribution in [0.2, 0.25) is 0 Å². The van der Waals surface area contributed by atoms with E-state index >= 15 is 0 Å². The van der Waals surface area contributed by atoms with Crippen LogP contribution in [0.1, 0.15) is 18.4 Å². The van der Waals surface area contributed by atoms with Crippen LogP contribution in [0.5, 0.6) is 0 Å². The van der Waals surface area contributed by atoms with Crippen molar-refractivity contribution >= 4 is 17.8 Å². The molecular weight excluding hydrogens is 274 g/mol. The minimum Gasteiger partial charge on any atom is -0.469 e. The molecule has 1 N–H and O–H groups in total. The Hall–Kier alpha value is -2.37. The van der Waals surface area contributed by atoms with Gasteiger partial charge in [-0.15, -0.1) is 0 Å². The third kappa shape index (κ3) is 4.05. The van der Waals surface area contributed by atoms with E-state index in [9.17, 15) is 14.4 Å². The molecular formula is C15H17NO5. The van der Waals surface area contributed by atoms with Crippen molar-refractivity contribution in [3.63, 3.8) is 0 Å². The number of Topliss-reactive ketones (excluding diaryl/α,β-unsaturated/α-hetero) is 1. The lowest BCUT2D eigenvalue weighted by Gasteiger charge is -2.17. The molecule has 0 radical (unpaired) electrons. The van der Waals surface area contributed by atoms with Gasteiger partial charge in [0.15, 0.2) is 0 Å². The fraction of sp³-hybridized carbons (Fsp3) is 0.400. The Labute approximate surface area is 122 Å². The van der Waals surface area contributed by atoms with Gasteiger partial charge in [-0.2, -0.15) is 0 Å². The lowest BCUT2D eigenvalue weighted by molar-refractivity contribution is -0.146. The van der Waals surface area contributed by atoms with E-state index in [-0.39, 0.29) is 25.2 Å². The van der Waals surface area contributed by atoms with Gasteiger partial charge in [0.05, 0.1) is 19.1 Å². The van der Waals surface area contributed by atoms with E-state index in [0.29, 0.717) is 0 Å². The van der Waals surface area contributed by atoms with E-state index < -0.39 is 24.0 Å². The Morgan fingerprint density at radius 3 is 2.62 bits per heavy atom. The summed E-state index contributed by atoms with van der Waals surface area (Å²) >= 11 is 0. The Kier molecular flexibility index (Phi) is 4.92. The number of esters is 1. The van der Waals surface area contributed by atoms with Crippen molar-refractivity contribution in [1.29, 1.82) is 0 Å². The van der Waals surface area contributed by atoms with E-state index in [1.807, 2.05) is 30.3 Å². The van der Waals surface area contributed by atoms with Gasteiger partial charge in [-0.05, 0) is 5.56 Å². The Morgan fingerprint density at radius 2 is 1.95 bits per heavy atom. The highest BCUT2D eigenvalue weighted by atomic mass is 16.5. The predicted molar refractivity (Wildman–Crippen MR) is 73.3 cm³/mol. The lowest BCUT2D eigenvalue weighted by atomic mass is 10.0. The Bertz CT molecular complexity index is 528. The first-order valence-electron chi connectivity index (χ1n) is 6.67. The molecule has 0 heterocycles. The number of alkyl carbamates (subject to hydrolysis) is 1. The van der Waals surface area contributed by atoms with E-state index in [1.54, 1.807) is 0 Å². The van der Waals surface area contributed by atoms with Gasteiger partial charge < -0.3 is 14.8 Å². The molecule has 1 aromatic rings. The highest BCUT2D eigenvalue weighted by Gasteiger charge is 2.39. The maximum atomic E-state index is 11.7. The molecule has 112 valence electrons. The van der Waals surface area contributed by atoms with Crippen molar-refractivity contribution in [3.05, 3.63) is 35.9 Å². The summed E-state index contributed by atoms with van der Waals surface area (Å²) in [6.07, 6.45) is -0.427. The third-order valence-corrected chi connectivity index (χ3v) is 3.40. The summed E-state index contributed by atoms with van der Waals surface area (Å²) in [5, 5.41) is 2.56. The SMILES string of the molecule is COC(=O)C1CC(=O)CC1NC(=O)OCc1ccccc1. The highest BCUT2D eigenvalue weighted by Crippen LogP contribution is 2.24. The van der Waals surface area contributed by atoms with Crippen LogP contribution in [0, 0.1) is 5.92 Å². The minimum atomic E-state index is -0.646. The van der Waals surface area contributed by atoms with Gasteiger partial charge in [0, 0.05) is 12.8 Å². The molecule has 21 heavy (non-hydrogen) atoms. The number of ether oxygens (including phenoxy) is 2. The molecule has 1 fully saturated rings. The maximum Gasteiger partial charge on any atom is 0.407 e. The number of carbonyl (C=O) groups excluding carboxylic acids is 3. The third-order valence-electron chi connectivity index (χ3n) is 3.40. The van der Waals surface area contributed by atoms with Crippen LogP contribution < -0.4 is 5.32 Å². The molecule has 0 bridgehead atoms. The largest absolute Gasteiger partial charge is 0.469 e. The zero-order valence-electron chi connectivity index (χ0n) is 11.7. The molecule has 1 aliphatic rings. The van der Waals surface area contributed by atoms with E-state index in [2.05, 4.69) is 10.1 Å². The summed E-state index contributed by atoms with van der Waals surface area (Å²) < 4.78 is 9.71. The van der Waals surface area contributed by atoms with Crippen molar-refractivity contribution < 1.29 is 23.9 Å². The molecule has 2 atom stereocenters. The van der Waals surface area contributed by atoms with E-state index in [0.717, 1.165) is 5.56 Å². The molecule has 1 aliphatic carbocycles. The minimum absolute atomic E-state index is 0.0706. The number of methoxy groups -OCH3 is 1. The number of hydrogen-bond acceptors (Lipinski definition) is 5. The van der Waals surface area contributed by atoms with Gasteiger partial charge in [0.2, 0.25) is 0 Å². The second-order valence-electron chi connectivity index (χ2n) is 4.89. The van der Waals surface area contributed by atoms with Crippen molar-refractivity contribution in [1.82, 2.24) is 5.32 Å². The summed E-state index contributed by atoms with van der Waals surface area (Å²) in [5.74, 6) is -1.19. The number of nitrogens with one attached hydrogen (secondary N) is 1. The standard InChI is InChI=1S/C15H17NO5/c1-20-14(18)12-7-11(17)8-13(12)16-15(19)21-9-10-5-3-2-4-6-10/h2-6,12-13H,7-9H2,1H3,(H,16,19). The topological polar surface area (TPSA) is 81.7 Å². The van der Waals surface area contributed by atoms with Crippen LogP contribution in [0.3, 0.4) is 0 Å². The summed E-state index contributed by atoms with van der Waals surface area (Å²) in [5.41, 5.74) is 0.861. The number of benzene rings is 1. The molecule has 6 heteroatoms. The number of ketones is 1. The Morgan fingerprint density at radius 1 is 1.24 bits per heavy atom. The Balaban J connectivity index is 1.86. The molecule has 1 amide bonds.